The molecule has 1 aromatic carbocycles. The van der Waals surface area contributed by atoms with Crippen molar-refractivity contribution >= 4 is 16.6 Å². The van der Waals surface area contributed by atoms with E-state index in [-0.39, 0.29) is 0 Å². The van der Waals surface area contributed by atoms with Gasteiger partial charge in [-0.1, -0.05) is 12.1 Å². The molecule has 0 aliphatic carbocycles. The first-order chi connectivity index (χ1) is 8.83. The molecule has 0 saturated heterocycles. The Morgan fingerprint density at radius 1 is 1.22 bits per heavy atom. The number of nitrogens with one attached hydrogen (secondary N) is 1. The largest absolute Gasteiger partial charge is 0.486 e. The molecule has 3 rings (SSSR count). The van der Waals surface area contributed by atoms with Crippen LogP contribution in [0.15, 0.2) is 48.8 Å². The van der Waals surface area contributed by atoms with Crippen molar-refractivity contribution in [1.29, 1.82) is 0 Å². The number of rotatable bonds is 3. The number of nitrogen functional groups attached to an aromatic ring is 1. The number of ether oxygens (including phenoxy) is 1. The lowest BCUT2D eigenvalue weighted by molar-refractivity contribution is 0.301. The molecule has 0 atom stereocenters. The molecule has 3 N–H and O–H groups in total. The summed E-state index contributed by atoms with van der Waals surface area (Å²) in [6.45, 7) is 0.472. The van der Waals surface area contributed by atoms with Crippen LogP contribution in [-0.2, 0) is 6.61 Å². The Balaban J connectivity index is 1.81. The number of H-pyrrole nitrogens is 1. The Bertz CT molecular complexity index is 661. The third-order valence-corrected chi connectivity index (χ3v) is 2.77. The first kappa shape index (κ1) is 10.7. The van der Waals surface area contributed by atoms with Crippen molar-refractivity contribution in [1.82, 2.24) is 9.97 Å². The molecule has 0 aliphatic rings. The maximum Gasteiger partial charge on any atom is 0.138 e. The summed E-state index contributed by atoms with van der Waals surface area (Å²) < 4.78 is 5.63. The van der Waals surface area contributed by atoms with Crippen LogP contribution in [-0.4, -0.2) is 9.97 Å². The molecular weight excluding hydrogens is 226 g/mol. The van der Waals surface area contributed by atoms with Crippen LogP contribution < -0.4 is 10.5 Å². The van der Waals surface area contributed by atoms with Crippen LogP contribution in [0.4, 0.5) is 5.69 Å². The van der Waals surface area contributed by atoms with E-state index in [0.29, 0.717) is 6.61 Å². The van der Waals surface area contributed by atoms with E-state index < -0.39 is 0 Å². The second kappa shape index (κ2) is 4.41. The predicted molar refractivity (Wildman–Crippen MR) is 71.3 cm³/mol. The molecule has 0 spiro atoms. The van der Waals surface area contributed by atoms with Gasteiger partial charge in [0.2, 0.25) is 0 Å². The Morgan fingerprint density at radius 3 is 2.94 bits per heavy atom. The highest BCUT2D eigenvalue weighted by atomic mass is 16.5. The van der Waals surface area contributed by atoms with Crippen LogP contribution in [0.1, 0.15) is 5.69 Å². The van der Waals surface area contributed by atoms with Crippen molar-refractivity contribution in [3.8, 4) is 5.75 Å². The number of benzene rings is 1. The summed E-state index contributed by atoms with van der Waals surface area (Å²) in [5, 5.41) is 1.10. The van der Waals surface area contributed by atoms with E-state index in [9.17, 15) is 0 Å². The Kier molecular flexibility index (Phi) is 2.61. The summed E-state index contributed by atoms with van der Waals surface area (Å²) in [4.78, 5) is 7.26. The van der Waals surface area contributed by atoms with Gasteiger partial charge in [-0.3, -0.25) is 4.98 Å². The molecule has 3 aromatic rings. The summed E-state index contributed by atoms with van der Waals surface area (Å²) >= 11 is 0. The molecular formula is C14H13N3O. The minimum Gasteiger partial charge on any atom is -0.486 e. The molecule has 0 unspecified atom stereocenters. The van der Waals surface area contributed by atoms with Gasteiger partial charge in [0.1, 0.15) is 12.4 Å². The highest BCUT2D eigenvalue weighted by Crippen LogP contribution is 2.21. The van der Waals surface area contributed by atoms with Crippen molar-refractivity contribution in [3.63, 3.8) is 0 Å². The average Bonchev–Trinajstić information content (AvgIpc) is 2.82. The van der Waals surface area contributed by atoms with Gasteiger partial charge in [-0.15, -0.1) is 0 Å². The second-order valence-electron chi connectivity index (χ2n) is 4.08. The fourth-order valence-corrected chi connectivity index (χ4v) is 1.91. The van der Waals surface area contributed by atoms with Gasteiger partial charge in [-0.2, -0.15) is 0 Å². The Hall–Kier alpha value is -2.49. The van der Waals surface area contributed by atoms with Crippen LogP contribution in [0.2, 0.25) is 0 Å². The van der Waals surface area contributed by atoms with E-state index in [0.717, 1.165) is 28.0 Å². The highest BCUT2D eigenvalue weighted by molar-refractivity contribution is 5.90. The Labute approximate surface area is 104 Å². The zero-order valence-electron chi connectivity index (χ0n) is 9.76. The number of hydrogen-bond donors (Lipinski definition) is 2. The SMILES string of the molecule is Nc1cccc2cc(COc3cccnc3)[nH]c12. The van der Waals surface area contributed by atoms with Gasteiger partial charge in [-0.05, 0) is 24.3 Å². The maximum absolute atomic E-state index is 5.89. The lowest BCUT2D eigenvalue weighted by Gasteiger charge is -2.03. The highest BCUT2D eigenvalue weighted by Gasteiger charge is 2.03. The molecule has 4 heteroatoms. The molecule has 0 amide bonds. The molecule has 0 aliphatic heterocycles. The van der Waals surface area contributed by atoms with E-state index >= 15 is 0 Å². The predicted octanol–water partition coefficient (Wildman–Crippen LogP) is 2.72. The van der Waals surface area contributed by atoms with Gasteiger partial charge in [0.25, 0.3) is 0 Å². The van der Waals surface area contributed by atoms with Crippen LogP contribution in [0.3, 0.4) is 0 Å². The van der Waals surface area contributed by atoms with Crippen LogP contribution in [0.25, 0.3) is 10.9 Å². The van der Waals surface area contributed by atoms with Gasteiger partial charge < -0.3 is 15.5 Å². The summed E-state index contributed by atoms with van der Waals surface area (Å²) in [7, 11) is 0. The summed E-state index contributed by atoms with van der Waals surface area (Å²) in [5.74, 6) is 0.754. The van der Waals surface area contributed by atoms with E-state index in [4.69, 9.17) is 10.5 Å². The fraction of sp³-hybridized carbons (Fsp3) is 0.0714. The normalized spacial score (nSPS) is 10.7. The zero-order chi connectivity index (χ0) is 12.4. The molecule has 2 aromatic heterocycles. The first-order valence-electron chi connectivity index (χ1n) is 5.72. The number of fused-ring (bicyclic) bond motifs is 1. The van der Waals surface area contributed by atoms with E-state index in [1.807, 2.05) is 36.4 Å². The Morgan fingerprint density at radius 2 is 2.17 bits per heavy atom. The van der Waals surface area contributed by atoms with Crippen molar-refractivity contribution in [2.24, 2.45) is 0 Å². The lowest BCUT2D eigenvalue weighted by Crippen LogP contribution is -1.95. The first-order valence-corrected chi connectivity index (χ1v) is 5.72. The molecule has 18 heavy (non-hydrogen) atoms. The molecule has 0 radical (unpaired) electrons. The van der Waals surface area contributed by atoms with Gasteiger partial charge in [0, 0.05) is 11.6 Å². The standard InChI is InChI=1S/C14H13N3O/c15-13-5-1-3-10-7-11(17-14(10)13)9-18-12-4-2-6-16-8-12/h1-8,17H,9,15H2. The fourth-order valence-electron chi connectivity index (χ4n) is 1.91. The molecule has 4 nitrogen and oxygen atoms in total. The number of aromatic nitrogens is 2. The zero-order valence-corrected chi connectivity index (χ0v) is 9.76. The molecule has 0 bridgehead atoms. The van der Waals surface area contributed by atoms with Crippen LogP contribution in [0.5, 0.6) is 5.75 Å². The minimum atomic E-state index is 0.472. The van der Waals surface area contributed by atoms with E-state index in [2.05, 4.69) is 9.97 Å². The number of anilines is 1. The lowest BCUT2D eigenvalue weighted by atomic mass is 10.2. The summed E-state index contributed by atoms with van der Waals surface area (Å²) in [6.07, 6.45) is 3.41. The van der Waals surface area contributed by atoms with E-state index in [1.165, 1.54) is 0 Å². The number of pyridine rings is 1. The maximum atomic E-state index is 5.89. The third-order valence-electron chi connectivity index (χ3n) is 2.77. The smallest absolute Gasteiger partial charge is 0.138 e. The topological polar surface area (TPSA) is 63.9 Å². The monoisotopic (exact) mass is 239 g/mol. The van der Waals surface area contributed by atoms with Gasteiger partial charge in [-0.25, -0.2) is 0 Å². The average molecular weight is 239 g/mol. The second-order valence-corrected chi connectivity index (χ2v) is 4.08. The third kappa shape index (κ3) is 2.00. The van der Waals surface area contributed by atoms with Crippen LogP contribution >= 0.6 is 0 Å². The number of aromatic amines is 1. The van der Waals surface area contributed by atoms with Gasteiger partial charge >= 0.3 is 0 Å². The quantitative estimate of drug-likeness (QED) is 0.691. The molecule has 90 valence electrons. The van der Waals surface area contributed by atoms with Gasteiger partial charge in [0.05, 0.1) is 23.1 Å². The van der Waals surface area contributed by atoms with Crippen molar-refractivity contribution in [2.75, 3.05) is 5.73 Å². The summed E-state index contributed by atoms with van der Waals surface area (Å²) in [6, 6.07) is 11.6. The van der Waals surface area contributed by atoms with Crippen molar-refractivity contribution in [3.05, 3.63) is 54.5 Å². The molecule has 0 fully saturated rings. The van der Waals surface area contributed by atoms with Gasteiger partial charge in [0.15, 0.2) is 0 Å². The van der Waals surface area contributed by atoms with Crippen molar-refractivity contribution in [2.45, 2.75) is 6.61 Å². The minimum absolute atomic E-state index is 0.472. The number of nitrogens with zero attached hydrogens (tertiary/aromatic N) is 1. The van der Waals surface area contributed by atoms with Crippen LogP contribution in [0, 0.1) is 0 Å². The number of para-hydroxylation sites is 1. The summed E-state index contributed by atoms with van der Waals surface area (Å²) in [5.41, 5.74) is 8.60. The molecule has 2 heterocycles. The molecule has 0 saturated carbocycles. The van der Waals surface area contributed by atoms with Crippen molar-refractivity contribution < 1.29 is 4.74 Å². The number of nitrogens with two attached hydrogens (primary N) is 1. The van der Waals surface area contributed by atoms with E-state index in [1.54, 1.807) is 12.4 Å². The number of hydrogen-bond acceptors (Lipinski definition) is 3.